The Morgan fingerprint density at radius 3 is 2.26 bits per heavy atom. The summed E-state index contributed by atoms with van der Waals surface area (Å²) >= 11 is 21.6. The first-order valence-corrected chi connectivity index (χ1v) is 7.53. The fourth-order valence-corrected chi connectivity index (χ4v) is 3.32. The highest BCUT2D eigenvalue weighted by Gasteiger charge is 2.08. The highest BCUT2D eigenvalue weighted by atomic mass is 79.9. The van der Waals surface area contributed by atoms with Crippen LogP contribution in [0.5, 0.6) is 0 Å². The van der Waals surface area contributed by atoms with Crippen LogP contribution in [0.25, 0.3) is 0 Å². The van der Waals surface area contributed by atoms with Gasteiger partial charge in [0, 0.05) is 16.0 Å². The van der Waals surface area contributed by atoms with Gasteiger partial charge in [0.25, 0.3) is 0 Å². The van der Waals surface area contributed by atoms with Crippen LogP contribution in [0.15, 0.2) is 34.8 Å². The smallest absolute Gasteiger partial charge is 0.0722 e. The van der Waals surface area contributed by atoms with Crippen LogP contribution in [0.4, 0.5) is 5.69 Å². The van der Waals surface area contributed by atoms with Gasteiger partial charge in [-0.15, -0.1) is 0 Å². The zero-order valence-electron chi connectivity index (χ0n) is 10.1. The lowest BCUT2D eigenvalue weighted by atomic mass is 10.1. The van der Waals surface area contributed by atoms with Crippen molar-refractivity contribution in [3.8, 4) is 0 Å². The lowest BCUT2D eigenvalue weighted by Gasteiger charge is -2.12. The van der Waals surface area contributed by atoms with Gasteiger partial charge in [0.2, 0.25) is 0 Å². The molecular formula is C14H11BrCl3N. The number of anilines is 1. The van der Waals surface area contributed by atoms with Crippen LogP contribution in [0, 0.1) is 6.92 Å². The molecule has 0 fully saturated rings. The lowest BCUT2D eigenvalue weighted by molar-refractivity contribution is 1.12. The molecule has 0 aromatic heterocycles. The van der Waals surface area contributed by atoms with Crippen molar-refractivity contribution in [1.82, 2.24) is 0 Å². The molecule has 0 radical (unpaired) electrons. The summed E-state index contributed by atoms with van der Waals surface area (Å²) in [7, 11) is 0. The van der Waals surface area contributed by atoms with Crippen molar-refractivity contribution >= 4 is 56.4 Å². The van der Waals surface area contributed by atoms with E-state index in [0.717, 1.165) is 26.3 Å². The Morgan fingerprint density at radius 2 is 1.68 bits per heavy atom. The Morgan fingerprint density at radius 1 is 1.05 bits per heavy atom. The summed E-state index contributed by atoms with van der Waals surface area (Å²) in [6.07, 6.45) is 0. The van der Waals surface area contributed by atoms with Crippen molar-refractivity contribution in [3.05, 3.63) is 61.0 Å². The second kappa shape index (κ2) is 6.36. The third-order valence-corrected chi connectivity index (χ3v) is 4.06. The molecule has 0 aliphatic carbocycles. The largest absolute Gasteiger partial charge is 0.379 e. The molecule has 0 heterocycles. The summed E-state index contributed by atoms with van der Waals surface area (Å²) in [5.41, 5.74) is 3.02. The fraction of sp³-hybridized carbons (Fsp3) is 0.143. The summed E-state index contributed by atoms with van der Waals surface area (Å²) in [4.78, 5) is 0. The molecule has 0 saturated heterocycles. The number of rotatable bonds is 3. The van der Waals surface area contributed by atoms with E-state index in [-0.39, 0.29) is 0 Å². The SMILES string of the molecule is Cc1cc(Cl)ccc1CNc1c(Cl)cc(Br)cc1Cl. The van der Waals surface area contributed by atoms with Crippen molar-refractivity contribution in [2.75, 3.05) is 5.32 Å². The number of hydrogen-bond donors (Lipinski definition) is 1. The van der Waals surface area contributed by atoms with Crippen LogP contribution in [-0.4, -0.2) is 0 Å². The topological polar surface area (TPSA) is 12.0 Å². The summed E-state index contributed by atoms with van der Waals surface area (Å²) in [5, 5.41) is 5.17. The van der Waals surface area contributed by atoms with E-state index in [2.05, 4.69) is 21.2 Å². The van der Waals surface area contributed by atoms with Crippen molar-refractivity contribution in [2.24, 2.45) is 0 Å². The standard InChI is InChI=1S/C14H11BrCl3N/c1-8-4-11(16)3-2-9(8)7-19-14-12(17)5-10(15)6-13(14)18/h2-6,19H,7H2,1H3. The number of nitrogens with one attached hydrogen (secondary N) is 1. The van der Waals surface area contributed by atoms with Gasteiger partial charge >= 0.3 is 0 Å². The molecule has 100 valence electrons. The molecule has 0 atom stereocenters. The average molecular weight is 380 g/mol. The zero-order chi connectivity index (χ0) is 14.0. The van der Waals surface area contributed by atoms with E-state index in [4.69, 9.17) is 34.8 Å². The third-order valence-electron chi connectivity index (χ3n) is 2.77. The van der Waals surface area contributed by atoms with Crippen molar-refractivity contribution in [1.29, 1.82) is 0 Å². The molecular weight excluding hydrogens is 368 g/mol. The van der Waals surface area contributed by atoms with E-state index in [9.17, 15) is 0 Å². The van der Waals surface area contributed by atoms with E-state index in [1.54, 1.807) is 0 Å². The first kappa shape index (κ1) is 15.0. The maximum atomic E-state index is 6.17. The van der Waals surface area contributed by atoms with Crippen molar-refractivity contribution in [3.63, 3.8) is 0 Å². The Labute approximate surface area is 136 Å². The summed E-state index contributed by atoms with van der Waals surface area (Å²) in [6.45, 7) is 2.66. The molecule has 0 saturated carbocycles. The molecule has 19 heavy (non-hydrogen) atoms. The summed E-state index contributed by atoms with van der Waals surface area (Å²) in [5.74, 6) is 0. The average Bonchev–Trinajstić information content (AvgIpc) is 2.30. The van der Waals surface area contributed by atoms with Gasteiger partial charge in [-0.2, -0.15) is 0 Å². The second-order valence-corrected chi connectivity index (χ2v) is 6.34. The molecule has 1 N–H and O–H groups in total. The molecule has 0 aliphatic heterocycles. The maximum absolute atomic E-state index is 6.17. The molecule has 2 aromatic rings. The molecule has 0 aliphatic rings. The Bertz CT molecular complexity index is 591. The molecule has 0 spiro atoms. The van der Waals surface area contributed by atoms with Gasteiger partial charge in [0.15, 0.2) is 0 Å². The highest BCUT2D eigenvalue weighted by molar-refractivity contribution is 9.10. The number of benzene rings is 2. The van der Waals surface area contributed by atoms with Gasteiger partial charge in [-0.1, -0.05) is 56.8 Å². The van der Waals surface area contributed by atoms with Crippen molar-refractivity contribution in [2.45, 2.75) is 13.5 Å². The number of aryl methyl sites for hydroxylation is 1. The minimum Gasteiger partial charge on any atom is -0.379 e. The zero-order valence-corrected chi connectivity index (χ0v) is 14.0. The molecule has 1 nitrogen and oxygen atoms in total. The van der Waals surface area contributed by atoms with E-state index in [0.29, 0.717) is 16.6 Å². The molecule has 0 bridgehead atoms. The lowest BCUT2D eigenvalue weighted by Crippen LogP contribution is -2.02. The predicted octanol–water partition coefficient (Wildman–Crippen LogP) is 6.33. The second-order valence-electron chi connectivity index (χ2n) is 4.17. The van der Waals surface area contributed by atoms with Gasteiger partial charge in [-0.05, 0) is 42.3 Å². The highest BCUT2D eigenvalue weighted by Crippen LogP contribution is 2.34. The minimum atomic E-state index is 0.589. The first-order chi connectivity index (χ1) is 8.97. The van der Waals surface area contributed by atoms with E-state index >= 15 is 0 Å². The summed E-state index contributed by atoms with van der Waals surface area (Å²) < 4.78 is 0.857. The first-order valence-electron chi connectivity index (χ1n) is 5.61. The molecule has 0 unspecified atom stereocenters. The van der Waals surface area contributed by atoms with Gasteiger partial charge in [0.05, 0.1) is 15.7 Å². The fourth-order valence-electron chi connectivity index (χ4n) is 1.75. The van der Waals surface area contributed by atoms with E-state index < -0.39 is 0 Å². The molecule has 0 amide bonds. The van der Waals surface area contributed by atoms with Crippen LogP contribution in [0.3, 0.4) is 0 Å². The molecule has 2 aromatic carbocycles. The van der Waals surface area contributed by atoms with Crippen LogP contribution in [0.2, 0.25) is 15.1 Å². The third kappa shape index (κ3) is 3.79. The van der Waals surface area contributed by atoms with Crippen LogP contribution < -0.4 is 5.32 Å². The number of halogens is 4. The predicted molar refractivity (Wildman–Crippen MR) is 87.7 cm³/mol. The van der Waals surface area contributed by atoms with Crippen LogP contribution in [0.1, 0.15) is 11.1 Å². The maximum Gasteiger partial charge on any atom is 0.0722 e. The van der Waals surface area contributed by atoms with Crippen LogP contribution in [-0.2, 0) is 6.54 Å². The normalized spacial score (nSPS) is 10.6. The van der Waals surface area contributed by atoms with E-state index in [1.807, 2.05) is 37.3 Å². The van der Waals surface area contributed by atoms with Gasteiger partial charge in [-0.3, -0.25) is 0 Å². The Kier molecular flexibility index (Phi) is 5.02. The van der Waals surface area contributed by atoms with Crippen LogP contribution >= 0.6 is 50.7 Å². The van der Waals surface area contributed by atoms with Gasteiger partial charge < -0.3 is 5.32 Å². The Hall–Kier alpha value is -0.410. The molecule has 5 heteroatoms. The van der Waals surface area contributed by atoms with E-state index in [1.165, 1.54) is 0 Å². The molecule has 2 rings (SSSR count). The monoisotopic (exact) mass is 377 g/mol. The minimum absolute atomic E-state index is 0.589. The summed E-state index contributed by atoms with van der Waals surface area (Å²) in [6, 6.07) is 9.42. The van der Waals surface area contributed by atoms with Crippen molar-refractivity contribution < 1.29 is 0 Å². The van der Waals surface area contributed by atoms with Gasteiger partial charge in [0.1, 0.15) is 0 Å². The Balaban J connectivity index is 2.19. The quantitative estimate of drug-likeness (QED) is 0.657. The van der Waals surface area contributed by atoms with Gasteiger partial charge in [-0.25, -0.2) is 0 Å². The number of hydrogen-bond acceptors (Lipinski definition) is 1.